The average molecular weight is 326 g/mol. The molecule has 1 aromatic carbocycles. The minimum absolute atomic E-state index is 0.288. The highest BCUT2D eigenvalue weighted by Crippen LogP contribution is 2.17. The van der Waals surface area contributed by atoms with Crippen molar-refractivity contribution >= 4 is 21.9 Å². The minimum atomic E-state index is -1.26. The third-order valence-electron chi connectivity index (χ3n) is 2.56. The Kier molecular flexibility index (Phi) is 3.80. The van der Waals surface area contributed by atoms with Crippen LogP contribution in [0.4, 0.5) is 4.39 Å². The molecule has 0 aliphatic heterocycles. The van der Waals surface area contributed by atoms with Crippen LogP contribution >= 0.6 is 15.9 Å². The second-order valence-corrected chi connectivity index (χ2v) is 4.80. The molecule has 1 N–H and O–H groups in total. The van der Waals surface area contributed by atoms with Crippen molar-refractivity contribution in [2.45, 2.75) is 6.54 Å². The van der Waals surface area contributed by atoms with Gasteiger partial charge in [-0.15, -0.1) is 0 Å². The molecule has 1 aromatic heterocycles. The Balaban J connectivity index is 2.33. The molecule has 6 heteroatoms. The van der Waals surface area contributed by atoms with Crippen molar-refractivity contribution in [3.63, 3.8) is 0 Å². The van der Waals surface area contributed by atoms with Crippen molar-refractivity contribution in [2.75, 3.05) is 0 Å². The van der Waals surface area contributed by atoms with Crippen molar-refractivity contribution in [3.05, 3.63) is 68.3 Å². The Hall–Kier alpha value is -1.95. The van der Waals surface area contributed by atoms with Crippen molar-refractivity contribution in [1.82, 2.24) is 4.57 Å². The lowest BCUT2D eigenvalue weighted by atomic mass is 10.2. The van der Waals surface area contributed by atoms with Crippen LogP contribution in [0.15, 0.2) is 45.9 Å². The van der Waals surface area contributed by atoms with Gasteiger partial charge in [-0.05, 0) is 33.6 Å². The molecule has 0 atom stereocenters. The fourth-order valence-corrected chi connectivity index (χ4v) is 2.06. The maximum Gasteiger partial charge on any atom is 0.341 e. The van der Waals surface area contributed by atoms with Gasteiger partial charge in [0.05, 0.1) is 4.47 Å². The lowest BCUT2D eigenvalue weighted by Crippen LogP contribution is -2.16. The first kappa shape index (κ1) is 13.5. The van der Waals surface area contributed by atoms with Crippen LogP contribution in [0.5, 0.6) is 0 Å². The number of carbonyl (C=O) groups is 1. The molecule has 98 valence electrons. The lowest BCUT2D eigenvalue weighted by molar-refractivity contribution is 0.0694. The minimum Gasteiger partial charge on any atom is -0.477 e. The number of halogens is 2. The number of hydrogen-bond acceptors (Lipinski definition) is 2. The zero-order chi connectivity index (χ0) is 14.0. The number of pyridine rings is 1. The summed E-state index contributed by atoms with van der Waals surface area (Å²) in [6.45, 7) is 0.347. The molecule has 0 radical (unpaired) electrons. The second kappa shape index (κ2) is 5.36. The van der Waals surface area contributed by atoms with Crippen LogP contribution < -0.4 is 5.43 Å². The standard InChI is InChI=1S/C13H9BrFNO3/c14-10-5-8(1-2-11(10)15)6-16-4-3-12(17)9(7-16)13(18)19/h1-5,7H,6H2,(H,18,19). The largest absolute Gasteiger partial charge is 0.477 e. The summed E-state index contributed by atoms with van der Waals surface area (Å²) in [7, 11) is 0. The average Bonchev–Trinajstić information content (AvgIpc) is 2.36. The Labute approximate surface area is 116 Å². The quantitative estimate of drug-likeness (QED) is 0.943. The van der Waals surface area contributed by atoms with Crippen molar-refractivity contribution in [3.8, 4) is 0 Å². The van der Waals surface area contributed by atoms with Crippen molar-refractivity contribution in [2.24, 2.45) is 0 Å². The van der Waals surface area contributed by atoms with Gasteiger partial charge in [0, 0.05) is 25.0 Å². The van der Waals surface area contributed by atoms with E-state index in [9.17, 15) is 14.0 Å². The molecule has 0 amide bonds. The molecule has 0 aliphatic carbocycles. The molecule has 2 rings (SSSR count). The Morgan fingerprint density at radius 1 is 1.37 bits per heavy atom. The summed E-state index contributed by atoms with van der Waals surface area (Å²) in [5, 5.41) is 8.87. The second-order valence-electron chi connectivity index (χ2n) is 3.95. The van der Waals surface area contributed by atoms with Gasteiger partial charge in [0.2, 0.25) is 0 Å². The number of rotatable bonds is 3. The number of benzene rings is 1. The van der Waals surface area contributed by atoms with E-state index in [1.807, 2.05) is 0 Å². The predicted octanol–water partition coefficient (Wildman–Crippen LogP) is 2.50. The van der Waals surface area contributed by atoms with Crippen molar-refractivity contribution < 1.29 is 14.3 Å². The van der Waals surface area contributed by atoms with E-state index in [-0.39, 0.29) is 11.4 Å². The summed E-state index contributed by atoms with van der Waals surface area (Å²) in [6, 6.07) is 5.72. The van der Waals surface area contributed by atoms with Gasteiger partial charge in [0.1, 0.15) is 11.4 Å². The monoisotopic (exact) mass is 325 g/mol. The number of aromatic nitrogens is 1. The molecule has 0 aliphatic rings. The molecule has 0 bridgehead atoms. The van der Waals surface area contributed by atoms with Gasteiger partial charge in [-0.3, -0.25) is 4.79 Å². The van der Waals surface area contributed by atoms with E-state index in [2.05, 4.69) is 15.9 Å². The number of carboxylic acid groups (broad SMARTS) is 1. The molecule has 0 spiro atoms. The Bertz CT molecular complexity index is 697. The van der Waals surface area contributed by atoms with E-state index in [4.69, 9.17) is 5.11 Å². The first-order chi connectivity index (χ1) is 8.97. The van der Waals surface area contributed by atoms with E-state index in [0.717, 1.165) is 5.56 Å². The first-order valence-electron chi connectivity index (χ1n) is 5.34. The molecule has 1 heterocycles. The SMILES string of the molecule is O=C(O)c1cn(Cc2ccc(F)c(Br)c2)ccc1=O. The van der Waals surface area contributed by atoms with E-state index in [1.54, 1.807) is 16.7 Å². The van der Waals surface area contributed by atoms with Gasteiger partial charge >= 0.3 is 5.97 Å². The summed E-state index contributed by atoms with van der Waals surface area (Å²) in [6.07, 6.45) is 2.76. The van der Waals surface area contributed by atoms with Crippen LogP contribution in [0, 0.1) is 5.82 Å². The summed E-state index contributed by atoms with van der Waals surface area (Å²) >= 11 is 3.08. The highest BCUT2D eigenvalue weighted by Gasteiger charge is 2.08. The van der Waals surface area contributed by atoms with Gasteiger partial charge in [-0.25, -0.2) is 9.18 Å². The van der Waals surface area contributed by atoms with Crippen LogP contribution in [0.1, 0.15) is 15.9 Å². The normalized spacial score (nSPS) is 10.4. The third-order valence-corrected chi connectivity index (χ3v) is 3.17. The Morgan fingerprint density at radius 2 is 2.11 bits per heavy atom. The molecule has 4 nitrogen and oxygen atoms in total. The predicted molar refractivity (Wildman–Crippen MR) is 70.9 cm³/mol. The summed E-state index contributed by atoms with van der Waals surface area (Å²) in [4.78, 5) is 22.2. The molecule has 19 heavy (non-hydrogen) atoms. The topological polar surface area (TPSA) is 59.3 Å². The van der Waals surface area contributed by atoms with E-state index >= 15 is 0 Å². The summed E-state index contributed by atoms with van der Waals surface area (Å²) < 4.78 is 15.0. The van der Waals surface area contributed by atoms with Crippen LogP contribution in [0.3, 0.4) is 0 Å². The molecule has 0 fully saturated rings. The van der Waals surface area contributed by atoms with E-state index in [0.29, 0.717) is 11.0 Å². The van der Waals surface area contributed by atoms with Crippen LogP contribution in [-0.4, -0.2) is 15.6 Å². The molecular formula is C13H9BrFNO3. The van der Waals surface area contributed by atoms with Crippen LogP contribution in [0.2, 0.25) is 0 Å². The number of carboxylic acids is 1. The highest BCUT2D eigenvalue weighted by atomic mass is 79.9. The van der Waals surface area contributed by atoms with Crippen molar-refractivity contribution in [1.29, 1.82) is 0 Å². The summed E-state index contributed by atoms with van der Waals surface area (Å²) in [5.74, 6) is -1.63. The maximum atomic E-state index is 13.1. The summed E-state index contributed by atoms with van der Waals surface area (Å²) in [5.41, 5.74) is -0.0408. The zero-order valence-electron chi connectivity index (χ0n) is 9.64. The van der Waals surface area contributed by atoms with Gasteiger partial charge < -0.3 is 9.67 Å². The molecule has 0 unspecified atom stereocenters. The number of hydrogen-bond donors (Lipinski definition) is 1. The smallest absolute Gasteiger partial charge is 0.341 e. The fraction of sp³-hybridized carbons (Fsp3) is 0.0769. The zero-order valence-corrected chi connectivity index (χ0v) is 11.2. The first-order valence-corrected chi connectivity index (χ1v) is 6.14. The molecule has 0 saturated heterocycles. The van der Waals surface area contributed by atoms with Gasteiger partial charge in [-0.2, -0.15) is 0 Å². The van der Waals surface area contributed by atoms with Crippen LogP contribution in [-0.2, 0) is 6.54 Å². The highest BCUT2D eigenvalue weighted by molar-refractivity contribution is 9.10. The maximum absolute atomic E-state index is 13.1. The van der Waals surface area contributed by atoms with Gasteiger partial charge in [-0.1, -0.05) is 6.07 Å². The number of aromatic carboxylic acids is 1. The molecule has 0 saturated carbocycles. The van der Waals surface area contributed by atoms with E-state index < -0.39 is 11.4 Å². The van der Waals surface area contributed by atoms with Gasteiger partial charge in [0.15, 0.2) is 5.43 Å². The fourth-order valence-electron chi connectivity index (χ4n) is 1.63. The third kappa shape index (κ3) is 3.08. The van der Waals surface area contributed by atoms with Crippen LogP contribution in [0.25, 0.3) is 0 Å². The number of nitrogens with zero attached hydrogens (tertiary/aromatic N) is 1. The van der Waals surface area contributed by atoms with E-state index in [1.165, 1.54) is 24.5 Å². The molecule has 2 aromatic rings. The Morgan fingerprint density at radius 3 is 2.74 bits per heavy atom. The molecular weight excluding hydrogens is 317 g/mol. The van der Waals surface area contributed by atoms with Gasteiger partial charge in [0.25, 0.3) is 0 Å². The lowest BCUT2D eigenvalue weighted by Gasteiger charge is -2.08.